The summed E-state index contributed by atoms with van der Waals surface area (Å²) in [4.78, 5) is 16.0. The van der Waals surface area contributed by atoms with E-state index in [1.807, 2.05) is 0 Å². The Hall–Kier alpha value is -1.07. The van der Waals surface area contributed by atoms with Crippen molar-refractivity contribution in [1.82, 2.24) is 4.98 Å². The summed E-state index contributed by atoms with van der Waals surface area (Å²) in [6.07, 6.45) is 1.96. The maximum atomic E-state index is 10.9. The van der Waals surface area contributed by atoms with Crippen LogP contribution in [0.5, 0.6) is 0 Å². The molecule has 0 fully saturated rings. The number of thiazole rings is 1. The van der Waals surface area contributed by atoms with Crippen molar-refractivity contribution in [3.8, 4) is 0 Å². The molecule has 1 aromatic carbocycles. The number of carboxylic acid groups (broad SMARTS) is 1. The summed E-state index contributed by atoms with van der Waals surface area (Å²) in [5.41, 5.74) is 1.07. The van der Waals surface area contributed by atoms with Crippen molar-refractivity contribution in [2.45, 2.75) is 24.7 Å². The van der Waals surface area contributed by atoms with Gasteiger partial charge in [0.05, 0.1) is 20.8 Å². The molecule has 0 saturated heterocycles. The molecule has 0 aliphatic heterocycles. The Morgan fingerprint density at radius 3 is 2.94 bits per heavy atom. The number of fused-ring (bicyclic) bond motifs is 1. The van der Waals surface area contributed by atoms with Gasteiger partial charge in [-0.05, 0) is 25.0 Å². The zero-order valence-corrected chi connectivity index (χ0v) is 10.4. The van der Waals surface area contributed by atoms with E-state index in [0.29, 0.717) is 4.90 Å². The Kier molecular flexibility index (Phi) is 3.16. The molecule has 0 saturated carbocycles. The van der Waals surface area contributed by atoms with Crippen molar-refractivity contribution in [2.24, 2.45) is 0 Å². The third-order valence-electron chi connectivity index (χ3n) is 2.23. The summed E-state index contributed by atoms with van der Waals surface area (Å²) in [6, 6.07) is 3.21. The average Bonchev–Trinajstić information content (AvgIpc) is 2.61. The normalized spacial score (nSPS) is 10.9. The van der Waals surface area contributed by atoms with Crippen LogP contribution in [0.2, 0.25) is 0 Å². The average molecular weight is 253 g/mol. The Bertz CT molecular complexity index is 548. The highest BCUT2D eigenvalue weighted by Gasteiger charge is 2.11. The number of hydrogen-bond acceptors (Lipinski definition) is 4. The van der Waals surface area contributed by atoms with Gasteiger partial charge in [-0.2, -0.15) is 0 Å². The van der Waals surface area contributed by atoms with E-state index in [2.05, 4.69) is 24.5 Å². The summed E-state index contributed by atoms with van der Waals surface area (Å²) >= 11 is 5.82. The number of thiol groups is 1. The minimum atomic E-state index is -0.928. The summed E-state index contributed by atoms with van der Waals surface area (Å²) < 4.78 is 0.897. The van der Waals surface area contributed by atoms with Crippen LogP contribution in [-0.4, -0.2) is 16.1 Å². The Morgan fingerprint density at radius 1 is 1.56 bits per heavy atom. The first-order valence-electron chi connectivity index (χ1n) is 4.97. The third-order valence-corrected chi connectivity index (χ3v) is 3.63. The molecule has 2 rings (SSSR count). The van der Waals surface area contributed by atoms with Gasteiger partial charge in [-0.25, -0.2) is 9.78 Å². The van der Waals surface area contributed by atoms with E-state index >= 15 is 0 Å². The summed E-state index contributed by atoms with van der Waals surface area (Å²) in [6.45, 7) is 2.09. The minimum Gasteiger partial charge on any atom is -0.478 e. The maximum absolute atomic E-state index is 10.9. The zero-order chi connectivity index (χ0) is 11.7. The van der Waals surface area contributed by atoms with Crippen LogP contribution < -0.4 is 0 Å². The number of nitrogens with zero attached hydrogens (tertiary/aromatic N) is 1. The monoisotopic (exact) mass is 253 g/mol. The summed E-state index contributed by atoms with van der Waals surface area (Å²) in [7, 11) is 0. The van der Waals surface area contributed by atoms with Gasteiger partial charge in [-0.1, -0.05) is 6.92 Å². The lowest BCUT2D eigenvalue weighted by molar-refractivity contribution is 0.0697. The second-order valence-corrected chi connectivity index (χ2v) is 5.10. The fourth-order valence-electron chi connectivity index (χ4n) is 1.50. The molecule has 0 aliphatic rings. The van der Waals surface area contributed by atoms with Gasteiger partial charge in [-0.3, -0.25) is 0 Å². The number of hydrogen-bond donors (Lipinski definition) is 2. The lowest BCUT2D eigenvalue weighted by Crippen LogP contribution is -1.95. The van der Waals surface area contributed by atoms with E-state index in [1.165, 1.54) is 0 Å². The summed E-state index contributed by atoms with van der Waals surface area (Å²) in [5, 5.41) is 9.97. The molecular formula is C11H11NO2S2. The van der Waals surface area contributed by atoms with Crippen LogP contribution >= 0.6 is 24.0 Å². The lowest BCUT2D eigenvalue weighted by Gasteiger charge is -1.96. The second-order valence-electron chi connectivity index (χ2n) is 3.50. The molecule has 0 atom stereocenters. The molecule has 0 unspecified atom stereocenters. The molecule has 1 aromatic heterocycles. The van der Waals surface area contributed by atoms with Gasteiger partial charge in [0.2, 0.25) is 0 Å². The van der Waals surface area contributed by atoms with Crippen molar-refractivity contribution < 1.29 is 9.90 Å². The molecule has 0 radical (unpaired) electrons. The predicted molar refractivity (Wildman–Crippen MR) is 67.8 cm³/mol. The highest BCUT2D eigenvalue weighted by atomic mass is 32.1. The van der Waals surface area contributed by atoms with E-state index in [9.17, 15) is 4.79 Å². The van der Waals surface area contributed by atoms with Crippen LogP contribution in [-0.2, 0) is 6.42 Å². The SMILES string of the molecule is CCCc1nc2c(S)cc(C(=O)O)cc2s1. The van der Waals surface area contributed by atoms with Crippen LogP contribution in [0.25, 0.3) is 10.2 Å². The van der Waals surface area contributed by atoms with E-state index in [0.717, 1.165) is 28.1 Å². The van der Waals surface area contributed by atoms with Crippen molar-refractivity contribution in [2.75, 3.05) is 0 Å². The molecule has 84 valence electrons. The number of aromatic nitrogens is 1. The van der Waals surface area contributed by atoms with Gasteiger partial charge in [0.1, 0.15) is 0 Å². The maximum Gasteiger partial charge on any atom is 0.335 e. The van der Waals surface area contributed by atoms with E-state index in [1.54, 1.807) is 23.5 Å². The van der Waals surface area contributed by atoms with Crippen LogP contribution in [0.3, 0.4) is 0 Å². The van der Waals surface area contributed by atoms with Crippen molar-refractivity contribution in [1.29, 1.82) is 0 Å². The molecule has 1 heterocycles. The quantitative estimate of drug-likeness (QED) is 0.826. The van der Waals surface area contributed by atoms with E-state index in [4.69, 9.17) is 5.11 Å². The van der Waals surface area contributed by atoms with Crippen LogP contribution in [0, 0.1) is 0 Å². The first-order chi connectivity index (χ1) is 7.61. The smallest absolute Gasteiger partial charge is 0.335 e. The Balaban J connectivity index is 2.58. The molecule has 0 bridgehead atoms. The number of aromatic carboxylic acids is 1. The number of carboxylic acids is 1. The molecule has 3 nitrogen and oxygen atoms in total. The van der Waals surface area contributed by atoms with Gasteiger partial charge in [-0.15, -0.1) is 24.0 Å². The van der Waals surface area contributed by atoms with Gasteiger partial charge in [0.25, 0.3) is 0 Å². The minimum absolute atomic E-state index is 0.268. The molecule has 0 amide bonds. The highest BCUT2D eigenvalue weighted by molar-refractivity contribution is 7.80. The first kappa shape index (κ1) is 11.4. The number of rotatable bonds is 3. The molecular weight excluding hydrogens is 242 g/mol. The van der Waals surface area contributed by atoms with Gasteiger partial charge in [0, 0.05) is 4.90 Å². The molecule has 0 aliphatic carbocycles. The molecule has 2 aromatic rings. The third kappa shape index (κ3) is 2.05. The Labute approximate surface area is 103 Å². The molecule has 1 N–H and O–H groups in total. The lowest BCUT2D eigenvalue weighted by atomic mass is 10.2. The van der Waals surface area contributed by atoms with Gasteiger partial charge >= 0.3 is 5.97 Å². The second kappa shape index (κ2) is 4.43. The molecule has 16 heavy (non-hydrogen) atoms. The fraction of sp³-hybridized carbons (Fsp3) is 0.273. The van der Waals surface area contributed by atoms with E-state index in [-0.39, 0.29) is 5.56 Å². The first-order valence-corrected chi connectivity index (χ1v) is 6.24. The Morgan fingerprint density at radius 2 is 2.31 bits per heavy atom. The van der Waals surface area contributed by atoms with Crippen LogP contribution in [0.15, 0.2) is 17.0 Å². The number of benzene rings is 1. The largest absolute Gasteiger partial charge is 0.478 e. The van der Waals surface area contributed by atoms with Gasteiger partial charge in [0.15, 0.2) is 0 Å². The van der Waals surface area contributed by atoms with Crippen molar-refractivity contribution >= 4 is 40.2 Å². The standard InChI is InChI=1S/C11H11NO2S2/c1-2-3-9-12-10-7(15)4-6(11(13)14)5-8(10)16-9/h4-5,15H,2-3H2,1H3,(H,13,14). The topological polar surface area (TPSA) is 50.2 Å². The van der Waals surface area contributed by atoms with Gasteiger partial charge < -0.3 is 5.11 Å². The zero-order valence-electron chi connectivity index (χ0n) is 8.73. The highest BCUT2D eigenvalue weighted by Crippen LogP contribution is 2.29. The number of carbonyl (C=O) groups is 1. The molecule has 5 heteroatoms. The summed E-state index contributed by atoms with van der Waals surface area (Å²) in [5.74, 6) is -0.928. The molecule has 0 spiro atoms. The fourth-order valence-corrected chi connectivity index (χ4v) is 3.02. The predicted octanol–water partition coefficient (Wildman–Crippen LogP) is 3.24. The van der Waals surface area contributed by atoms with Crippen molar-refractivity contribution in [3.63, 3.8) is 0 Å². The van der Waals surface area contributed by atoms with Crippen LogP contribution in [0.1, 0.15) is 28.7 Å². The van der Waals surface area contributed by atoms with Crippen LogP contribution in [0.4, 0.5) is 0 Å². The van der Waals surface area contributed by atoms with Crippen molar-refractivity contribution in [3.05, 3.63) is 22.7 Å². The van der Waals surface area contributed by atoms with E-state index < -0.39 is 5.97 Å². The number of aryl methyl sites for hydroxylation is 1.